The Morgan fingerprint density at radius 2 is 1.77 bits per heavy atom. The van der Waals surface area contributed by atoms with E-state index >= 15 is 0 Å². The number of piperazine rings is 1. The van der Waals surface area contributed by atoms with E-state index in [0.717, 1.165) is 55.1 Å². The van der Waals surface area contributed by atoms with E-state index in [-0.39, 0.29) is 11.3 Å². The summed E-state index contributed by atoms with van der Waals surface area (Å²) in [6.45, 7) is 2.77. The van der Waals surface area contributed by atoms with E-state index in [9.17, 15) is 22.4 Å². The summed E-state index contributed by atoms with van der Waals surface area (Å²) in [5.41, 5.74) is 3.01. The molecule has 0 spiro atoms. The van der Waals surface area contributed by atoms with Crippen LogP contribution in [0.3, 0.4) is 0 Å². The van der Waals surface area contributed by atoms with Crippen LogP contribution in [0.5, 0.6) is 0 Å². The number of nitrogens with one attached hydrogen (secondary N) is 2. The fourth-order valence-electron chi connectivity index (χ4n) is 4.31. The molecule has 0 bridgehead atoms. The van der Waals surface area contributed by atoms with Crippen LogP contribution in [-0.2, 0) is 26.0 Å². The zero-order valence-electron chi connectivity index (χ0n) is 19.2. The number of likely N-dealkylation sites (N-methyl/N-ethyl adjacent to an activating group) is 1. The standard InChI is InChI=1S/C24H27FN4O5S/c1-28-10-12-29(13-11-28)22-9-7-19-18(20(22)14-23(30)26-15-24(31)32)6-8-21(19)27-35(33,34)17-4-2-16(25)3-5-17/h2-9,21,27H,10-15H2,1H3,(H,26,30)(H,31,32). The largest absolute Gasteiger partial charge is 0.480 e. The SMILES string of the molecule is CN1CCN(c2ccc3c(c2CC(=O)NCC(=O)O)C=CC3NS(=O)(=O)c2ccc(F)cc2)CC1. The number of carbonyl (C=O) groups excluding carboxylic acids is 1. The van der Waals surface area contributed by atoms with Crippen molar-refractivity contribution in [3.63, 3.8) is 0 Å². The molecule has 1 heterocycles. The van der Waals surface area contributed by atoms with Gasteiger partial charge in [0.15, 0.2) is 0 Å². The van der Waals surface area contributed by atoms with Gasteiger partial charge in [0, 0.05) is 31.9 Å². The molecule has 4 rings (SSSR count). The first-order valence-corrected chi connectivity index (χ1v) is 12.7. The number of amides is 1. The number of hydrogen-bond donors (Lipinski definition) is 3. The minimum Gasteiger partial charge on any atom is -0.480 e. The molecule has 186 valence electrons. The molecule has 2 aromatic rings. The van der Waals surface area contributed by atoms with Gasteiger partial charge in [0.05, 0.1) is 17.4 Å². The van der Waals surface area contributed by atoms with Gasteiger partial charge in [-0.3, -0.25) is 9.59 Å². The molecular formula is C24H27FN4O5S. The molecule has 9 nitrogen and oxygen atoms in total. The van der Waals surface area contributed by atoms with Crippen molar-refractivity contribution in [2.24, 2.45) is 0 Å². The van der Waals surface area contributed by atoms with Crippen LogP contribution >= 0.6 is 0 Å². The Morgan fingerprint density at radius 3 is 2.43 bits per heavy atom. The molecular weight excluding hydrogens is 475 g/mol. The van der Waals surface area contributed by atoms with Crippen LogP contribution in [0, 0.1) is 5.82 Å². The normalized spacial score (nSPS) is 17.9. The Bertz CT molecular complexity index is 1260. The molecule has 1 fully saturated rings. The summed E-state index contributed by atoms with van der Waals surface area (Å²) in [5.74, 6) is -2.09. The maximum Gasteiger partial charge on any atom is 0.322 e. The maximum absolute atomic E-state index is 13.2. The van der Waals surface area contributed by atoms with E-state index < -0.39 is 40.3 Å². The molecule has 1 amide bonds. The molecule has 0 aromatic heterocycles. The summed E-state index contributed by atoms with van der Waals surface area (Å²) < 4.78 is 41.6. The van der Waals surface area contributed by atoms with E-state index in [4.69, 9.17) is 5.11 Å². The van der Waals surface area contributed by atoms with Crippen LogP contribution in [0.1, 0.15) is 22.7 Å². The topological polar surface area (TPSA) is 119 Å². The minimum atomic E-state index is -3.92. The number of carbonyl (C=O) groups is 2. The molecule has 35 heavy (non-hydrogen) atoms. The second kappa shape index (κ2) is 10.1. The van der Waals surface area contributed by atoms with Gasteiger partial charge in [-0.15, -0.1) is 0 Å². The first-order chi connectivity index (χ1) is 16.6. The lowest BCUT2D eigenvalue weighted by atomic mass is 9.96. The molecule has 1 aliphatic heterocycles. The Labute approximate surface area is 203 Å². The molecule has 1 unspecified atom stereocenters. The number of fused-ring (bicyclic) bond motifs is 1. The number of halogens is 1. The summed E-state index contributed by atoms with van der Waals surface area (Å²) in [5, 5.41) is 11.3. The third-order valence-electron chi connectivity index (χ3n) is 6.18. The third-order valence-corrected chi connectivity index (χ3v) is 7.64. The number of hydrogen-bond acceptors (Lipinski definition) is 6. The van der Waals surface area contributed by atoms with Crippen LogP contribution in [0.4, 0.5) is 10.1 Å². The van der Waals surface area contributed by atoms with Crippen molar-refractivity contribution >= 4 is 33.7 Å². The second-order valence-electron chi connectivity index (χ2n) is 8.62. The number of nitrogens with zero attached hydrogens (tertiary/aromatic N) is 2. The number of carboxylic acid groups (broad SMARTS) is 1. The number of sulfonamides is 1. The van der Waals surface area contributed by atoms with Crippen LogP contribution in [0.25, 0.3) is 6.08 Å². The van der Waals surface area contributed by atoms with Crippen molar-refractivity contribution in [1.82, 2.24) is 14.9 Å². The highest BCUT2D eigenvalue weighted by Gasteiger charge is 2.29. The van der Waals surface area contributed by atoms with Crippen LogP contribution in [-0.4, -0.2) is 70.1 Å². The van der Waals surface area contributed by atoms with E-state index in [0.29, 0.717) is 5.56 Å². The lowest BCUT2D eigenvalue weighted by Gasteiger charge is -2.35. The van der Waals surface area contributed by atoms with Gasteiger partial charge in [-0.2, -0.15) is 4.72 Å². The molecule has 11 heteroatoms. The highest BCUT2D eigenvalue weighted by atomic mass is 32.2. The Hall–Kier alpha value is -3.28. The van der Waals surface area contributed by atoms with Gasteiger partial charge in [-0.05, 0) is 54.1 Å². The van der Waals surface area contributed by atoms with E-state index in [2.05, 4.69) is 19.8 Å². The maximum atomic E-state index is 13.2. The van der Waals surface area contributed by atoms with Crippen LogP contribution < -0.4 is 14.9 Å². The smallest absolute Gasteiger partial charge is 0.322 e. The highest BCUT2D eigenvalue weighted by molar-refractivity contribution is 7.89. The zero-order chi connectivity index (χ0) is 25.2. The highest BCUT2D eigenvalue weighted by Crippen LogP contribution is 2.37. The van der Waals surface area contributed by atoms with Crippen molar-refractivity contribution in [3.05, 3.63) is 65.0 Å². The fraction of sp³-hybridized carbons (Fsp3) is 0.333. The average Bonchev–Trinajstić information content (AvgIpc) is 3.21. The summed E-state index contributed by atoms with van der Waals surface area (Å²) in [4.78, 5) is 27.8. The lowest BCUT2D eigenvalue weighted by Crippen LogP contribution is -2.45. The predicted molar refractivity (Wildman–Crippen MR) is 129 cm³/mol. The van der Waals surface area contributed by atoms with Crippen molar-refractivity contribution < 1.29 is 27.5 Å². The van der Waals surface area contributed by atoms with Gasteiger partial charge >= 0.3 is 5.97 Å². The minimum absolute atomic E-state index is 0.0418. The quantitative estimate of drug-likeness (QED) is 0.499. The van der Waals surface area contributed by atoms with Gasteiger partial charge in [0.1, 0.15) is 12.4 Å². The van der Waals surface area contributed by atoms with E-state index in [1.54, 1.807) is 12.2 Å². The summed E-state index contributed by atoms with van der Waals surface area (Å²) in [6, 6.07) is 7.64. The third kappa shape index (κ3) is 5.69. The molecule has 3 N–H and O–H groups in total. The molecule has 2 aliphatic rings. The number of carboxylic acids is 1. The van der Waals surface area contributed by atoms with Crippen molar-refractivity contribution in [2.45, 2.75) is 17.4 Å². The first kappa shape index (κ1) is 24.8. The molecule has 0 radical (unpaired) electrons. The van der Waals surface area contributed by atoms with E-state index in [1.807, 2.05) is 19.2 Å². The molecule has 2 aromatic carbocycles. The molecule has 1 aliphatic carbocycles. The number of anilines is 1. The summed E-state index contributed by atoms with van der Waals surface area (Å²) in [6.07, 6.45) is 3.45. The molecule has 1 saturated heterocycles. The zero-order valence-corrected chi connectivity index (χ0v) is 20.0. The predicted octanol–water partition coefficient (Wildman–Crippen LogP) is 1.37. The molecule has 1 atom stereocenters. The first-order valence-electron chi connectivity index (χ1n) is 11.2. The Morgan fingerprint density at radius 1 is 1.09 bits per heavy atom. The van der Waals surface area contributed by atoms with E-state index in [1.165, 1.54) is 12.1 Å². The van der Waals surface area contributed by atoms with Gasteiger partial charge in [-0.25, -0.2) is 12.8 Å². The Kier molecular flexibility index (Phi) is 7.20. The average molecular weight is 503 g/mol. The van der Waals surface area contributed by atoms with Gasteiger partial charge in [0.2, 0.25) is 15.9 Å². The lowest BCUT2D eigenvalue weighted by molar-refractivity contribution is -0.137. The monoisotopic (exact) mass is 502 g/mol. The number of aliphatic carboxylic acids is 1. The van der Waals surface area contributed by atoms with Crippen molar-refractivity contribution in [2.75, 3.05) is 44.7 Å². The summed E-state index contributed by atoms with van der Waals surface area (Å²) in [7, 11) is -1.88. The number of benzene rings is 2. The van der Waals surface area contributed by atoms with Crippen molar-refractivity contribution in [1.29, 1.82) is 0 Å². The van der Waals surface area contributed by atoms with Gasteiger partial charge in [0.25, 0.3) is 0 Å². The molecule has 0 saturated carbocycles. The van der Waals surface area contributed by atoms with Gasteiger partial charge < -0.3 is 20.2 Å². The Balaban J connectivity index is 1.64. The van der Waals surface area contributed by atoms with Crippen LogP contribution in [0.15, 0.2) is 47.4 Å². The second-order valence-corrected chi connectivity index (χ2v) is 10.3. The van der Waals surface area contributed by atoms with Gasteiger partial charge in [-0.1, -0.05) is 18.2 Å². The fourth-order valence-corrected chi connectivity index (χ4v) is 5.48. The number of rotatable bonds is 8. The van der Waals surface area contributed by atoms with Crippen LogP contribution in [0.2, 0.25) is 0 Å². The summed E-state index contributed by atoms with van der Waals surface area (Å²) >= 11 is 0. The van der Waals surface area contributed by atoms with Crippen molar-refractivity contribution in [3.8, 4) is 0 Å².